The maximum Gasteiger partial charge on any atom is 0.323 e. The van der Waals surface area contributed by atoms with E-state index in [1.54, 1.807) is 0 Å². The third-order valence-corrected chi connectivity index (χ3v) is 5.83. The molecule has 28 heavy (non-hydrogen) atoms. The largest absolute Gasteiger partial charge is 0.492 e. The number of carbonyl (C=O) groups excluding carboxylic acids is 1. The Balaban J connectivity index is 1.39. The van der Waals surface area contributed by atoms with Crippen molar-refractivity contribution >= 4 is 17.4 Å². The Morgan fingerprint density at radius 1 is 1.07 bits per heavy atom. The number of fused-ring (bicyclic) bond motifs is 1. The molecule has 1 saturated carbocycles. The van der Waals surface area contributed by atoms with Crippen molar-refractivity contribution in [3.63, 3.8) is 0 Å². The Labute approximate surface area is 167 Å². The average Bonchev–Trinajstić information content (AvgIpc) is 2.85. The van der Waals surface area contributed by atoms with Gasteiger partial charge in [0.05, 0.1) is 12.3 Å². The van der Waals surface area contributed by atoms with Gasteiger partial charge in [-0.2, -0.15) is 0 Å². The van der Waals surface area contributed by atoms with Crippen molar-refractivity contribution in [2.45, 2.75) is 45.1 Å². The Bertz CT molecular complexity index is 832. The number of ether oxygens (including phenoxy) is 1. The van der Waals surface area contributed by atoms with Gasteiger partial charge in [0.25, 0.3) is 0 Å². The monoisotopic (exact) mass is 379 g/mol. The first-order valence-electron chi connectivity index (χ1n) is 10.4. The lowest BCUT2D eigenvalue weighted by molar-refractivity contribution is 0.133. The number of anilines is 2. The van der Waals surface area contributed by atoms with Gasteiger partial charge < -0.3 is 15.4 Å². The zero-order valence-electron chi connectivity index (χ0n) is 16.5. The molecule has 1 fully saturated rings. The maximum absolute atomic E-state index is 12.5. The van der Waals surface area contributed by atoms with Crippen molar-refractivity contribution in [3.05, 3.63) is 53.6 Å². The lowest BCUT2D eigenvalue weighted by Crippen LogP contribution is -2.41. The van der Waals surface area contributed by atoms with Crippen LogP contribution in [0.1, 0.15) is 37.3 Å². The molecule has 1 heterocycles. The van der Waals surface area contributed by atoms with Gasteiger partial charge >= 0.3 is 6.03 Å². The molecule has 5 heteroatoms. The Morgan fingerprint density at radius 3 is 2.61 bits per heavy atom. The summed E-state index contributed by atoms with van der Waals surface area (Å²) in [5, 5.41) is 5.86. The van der Waals surface area contributed by atoms with Crippen molar-refractivity contribution in [1.29, 1.82) is 0 Å². The molecule has 5 nitrogen and oxygen atoms in total. The Kier molecular flexibility index (Phi) is 5.81. The number of hydrogen-bond donors (Lipinski definition) is 2. The molecule has 2 aliphatic rings. The van der Waals surface area contributed by atoms with Crippen LogP contribution in [0.4, 0.5) is 16.2 Å². The fourth-order valence-corrected chi connectivity index (χ4v) is 4.07. The molecular formula is C23H29N3O2. The number of amides is 2. The van der Waals surface area contributed by atoms with E-state index in [4.69, 9.17) is 4.74 Å². The zero-order valence-corrected chi connectivity index (χ0v) is 16.5. The molecule has 0 atom stereocenters. The number of hydrogen-bond acceptors (Lipinski definition) is 3. The SMILES string of the molecule is CCOc1ccccc1NC(=O)Nc1ccc2c(c1)CCN(C1CCC1)CC2. The summed E-state index contributed by atoms with van der Waals surface area (Å²) in [4.78, 5) is 15.1. The van der Waals surface area contributed by atoms with E-state index in [1.165, 1.54) is 30.4 Å². The van der Waals surface area contributed by atoms with Gasteiger partial charge in [-0.05, 0) is 68.0 Å². The van der Waals surface area contributed by atoms with E-state index in [0.717, 1.165) is 37.7 Å². The van der Waals surface area contributed by atoms with E-state index in [2.05, 4.69) is 27.7 Å². The second kappa shape index (κ2) is 8.65. The summed E-state index contributed by atoms with van der Waals surface area (Å²) < 4.78 is 5.57. The molecule has 0 bridgehead atoms. The van der Waals surface area contributed by atoms with Gasteiger partial charge in [-0.3, -0.25) is 4.90 Å². The van der Waals surface area contributed by atoms with E-state index in [9.17, 15) is 4.79 Å². The van der Waals surface area contributed by atoms with Crippen LogP contribution >= 0.6 is 0 Å². The summed E-state index contributed by atoms with van der Waals surface area (Å²) in [6.45, 7) is 4.76. The van der Waals surface area contributed by atoms with Crippen LogP contribution in [0, 0.1) is 0 Å². The van der Waals surface area contributed by atoms with Crippen LogP contribution in [0.3, 0.4) is 0 Å². The highest BCUT2D eigenvalue weighted by Crippen LogP contribution is 2.28. The number of nitrogens with one attached hydrogen (secondary N) is 2. The van der Waals surface area contributed by atoms with Crippen LogP contribution in [0.15, 0.2) is 42.5 Å². The smallest absolute Gasteiger partial charge is 0.323 e. The molecule has 148 valence electrons. The summed E-state index contributed by atoms with van der Waals surface area (Å²) >= 11 is 0. The van der Waals surface area contributed by atoms with Crippen molar-refractivity contribution in [1.82, 2.24) is 4.90 Å². The quantitative estimate of drug-likeness (QED) is 0.793. The average molecular weight is 380 g/mol. The van der Waals surface area contributed by atoms with Crippen LogP contribution < -0.4 is 15.4 Å². The number of para-hydroxylation sites is 2. The Hall–Kier alpha value is -2.53. The van der Waals surface area contributed by atoms with Crippen LogP contribution in [-0.2, 0) is 12.8 Å². The second-order valence-electron chi connectivity index (χ2n) is 7.61. The Morgan fingerprint density at radius 2 is 1.86 bits per heavy atom. The van der Waals surface area contributed by atoms with Crippen LogP contribution in [0.25, 0.3) is 0 Å². The summed E-state index contributed by atoms with van der Waals surface area (Å²) in [7, 11) is 0. The first kappa shape index (κ1) is 18.8. The number of carbonyl (C=O) groups is 1. The van der Waals surface area contributed by atoms with Gasteiger partial charge in [-0.1, -0.05) is 24.6 Å². The van der Waals surface area contributed by atoms with Crippen LogP contribution in [0.2, 0.25) is 0 Å². The molecule has 2 aromatic carbocycles. The van der Waals surface area contributed by atoms with Crippen molar-refractivity contribution in [2.75, 3.05) is 30.3 Å². The lowest BCUT2D eigenvalue weighted by Gasteiger charge is -2.36. The molecule has 0 unspecified atom stereocenters. The molecule has 0 spiro atoms. The predicted octanol–water partition coefficient (Wildman–Crippen LogP) is 4.68. The van der Waals surface area contributed by atoms with Gasteiger partial charge in [0.2, 0.25) is 0 Å². The summed E-state index contributed by atoms with van der Waals surface area (Å²) in [5.74, 6) is 0.679. The molecule has 0 saturated heterocycles. The van der Waals surface area contributed by atoms with E-state index >= 15 is 0 Å². The van der Waals surface area contributed by atoms with Crippen LogP contribution in [-0.4, -0.2) is 36.7 Å². The van der Waals surface area contributed by atoms with E-state index < -0.39 is 0 Å². The fourth-order valence-electron chi connectivity index (χ4n) is 4.07. The minimum absolute atomic E-state index is 0.253. The summed E-state index contributed by atoms with van der Waals surface area (Å²) in [5.41, 5.74) is 4.28. The minimum Gasteiger partial charge on any atom is -0.492 e. The molecule has 2 N–H and O–H groups in total. The predicted molar refractivity (Wildman–Crippen MR) is 113 cm³/mol. The topological polar surface area (TPSA) is 53.6 Å². The molecule has 4 rings (SSSR count). The molecule has 1 aliphatic carbocycles. The third-order valence-electron chi connectivity index (χ3n) is 5.83. The molecular weight excluding hydrogens is 350 g/mol. The van der Waals surface area contributed by atoms with E-state index in [0.29, 0.717) is 18.0 Å². The normalized spacial score (nSPS) is 17.2. The standard InChI is InChI=1S/C23H29N3O2/c1-2-28-22-9-4-3-8-21(22)25-23(27)24-19-11-10-17-12-14-26(20-6-5-7-20)15-13-18(17)16-19/h3-4,8-11,16,20H,2,5-7,12-15H2,1H3,(H2,24,25,27). The van der Waals surface area contributed by atoms with Gasteiger partial charge in [-0.15, -0.1) is 0 Å². The third kappa shape index (κ3) is 4.30. The fraction of sp³-hybridized carbons (Fsp3) is 0.435. The molecule has 2 aromatic rings. The molecule has 0 radical (unpaired) electrons. The van der Waals surface area contributed by atoms with Crippen molar-refractivity contribution in [2.24, 2.45) is 0 Å². The molecule has 2 amide bonds. The lowest BCUT2D eigenvalue weighted by atomic mass is 9.91. The number of nitrogens with zero attached hydrogens (tertiary/aromatic N) is 1. The minimum atomic E-state index is -0.253. The highest BCUT2D eigenvalue weighted by Gasteiger charge is 2.26. The highest BCUT2D eigenvalue weighted by atomic mass is 16.5. The second-order valence-corrected chi connectivity index (χ2v) is 7.61. The summed E-state index contributed by atoms with van der Waals surface area (Å²) in [6, 6.07) is 14.3. The van der Waals surface area contributed by atoms with Gasteiger partial charge in [-0.25, -0.2) is 4.79 Å². The number of benzene rings is 2. The highest BCUT2D eigenvalue weighted by molar-refractivity contribution is 6.00. The zero-order chi connectivity index (χ0) is 19.3. The van der Waals surface area contributed by atoms with E-state index in [1.807, 2.05) is 37.3 Å². The van der Waals surface area contributed by atoms with Gasteiger partial charge in [0, 0.05) is 24.8 Å². The molecule has 0 aromatic heterocycles. The van der Waals surface area contributed by atoms with Crippen LogP contribution in [0.5, 0.6) is 5.75 Å². The van der Waals surface area contributed by atoms with Crippen molar-refractivity contribution < 1.29 is 9.53 Å². The van der Waals surface area contributed by atoms with Gasteiger partial charge in [0.1, 0.15) is 5.75 Å². The maximum atomic E-state index is 12.5. The van der Waals surface area contributed by atoms with E-state index in [-0.39, 0.29) is 6.03 Å². The first-order chi connectivity index (χ1) is 13.7. The summed E-state index contributed by atoms with van der Waals surface area (Å²) in [6.07, 6.45) is 6.24. The molecule has 1 aliphatic heterocycles. The first-order valence-corrected chi connectivity index (χ1v) is 10.4. The van der Waals surface area contributed by atoms with Gasteiger partial charge in [0.15, 0.2) is 0 Å². The number of urea groups is 1. The van der Waals surface area contributed by atoms with Crippen molar-refractivity contribution in [3.8, 4) is 5.75 Å². The number of rotatable bonds is 5.